The van der Waals surface area contributed by atoms with Crippen molar-refractivity contribution in [2.24, 2.45) is 0 Å². The number of halogens is 2. The molecule has 1 aliphatic rings. The van der Waals surface area contributed by atoms with E-state index in [9.17, 15) is 9.59 Å². The SMILES string of the molecule is Cl.Cl.O=C(CC1COCCN1)Nc1ccc(C(=O)Nc2cccnc2)cc1. The van der Waals surface area contributed by atoms with E-state index in [0.29, 0.717) is 36.6 Å². The predicted molar refractivity (Wildman–Crippen MR) is 109 cm³/mol. The number of benzene rings is 1. The minimum atomic E-state index is -0.227. The van der Waals surface area contributed by atoms with E-state index in [-0.39, 0.29) is 42.7 Å². The van der Waals surface area contributed by atoms with Gasteiger partial charge in [0.1, 0.15) is 0 Å². The van der Waals surface area contributed by atoms with Crippen molar-refractivity contribution < 1.29 is 14.3 Å². The molecule has 27 heavy (non-hydrogen) atoms. The molecule has 0 radical (unpaired) electrons. The molecule has 2 amide bonds. The Bertz CT molecular complexity index is 723. The van der Waals surface area contributed by atoms with Crippen LogP contribution in [0, 0.1) is 0 Å². The van der Waals surface area contributed by atoms with E-state index >= 15 is 0 Å². The van der Waals surface area contributed by atoms with E-state index in [2.05, 4.69) is 20.9 Å². The molecule has 2 heterocycles. The fourth-order valence-corrected chi connectivity index (χ4v) is 2.53. The lowest BCUT2D eigenvalue weighted by Gasteiger charge is -2.23. The van der Waals surface area contributed by atoms with Gasteiger partial charge in [-0.25, -0.2) is 0 Å². The van der Waals surface area contributed by atoms with Crippen molar-refractivity contribution in [2.45, 2.75) is 12.5 Å². The van der Waals surface area contributed by atoms with Gasteiger partial charge < -0.3 is 20.7 Å². The summed E-state index contributed by atoms with van der Waals surface area (Å²) in [6.07, 6.45) is 3.57. The summed E-state index contributed by atoms with van der Waals surface area (Å²) in [5.74, 6) is -0.315. The molecular weight excluding hydrogens is 391 g/mol. The van der Waals surface area contributed by atoms with Crippen LogP contribution in [0.2, 0.25) is 0 Å². The highest BCUT2D eigenvalue weighted by Gasteiger charge is 2.17. The number of hydrogen-bond acceptors (Lipinski definition) is 5. The lowest BCUT2D eigenvalue weighted by molar-refractivity contribution is -0.117. The van der Waals surface area contributed by atoms with Crippen LogP contribution in [0.3, 0.4) is 0 Å². The standard InChI is InChI=1S/C18H20N4O3.2ClH/c23-17(10-16-12-25-9-8-20-16)21-14-5-3-13(4-6-14)18(24)22-15-2-1-7-19-11-15;;/h1-7,11,16,20H,8-10,12H2,(H,21,23)(H,22,24);2*1H. The third-order valence-corrected chi connectivity index (χ3v) is 3.78. The molecule has 1 aliphatic heterocycles. The molecule has 146 valence electrons. The Morgan fingerprint density at radius 1 is 1.11 bits per heavy atom. The lowest BCUT2D eigenvalue weighted by atomic mass is 10.1. The molecule has 1 fully saturated rings. The van der Waals surface area contributed by atoms with Crippen LogP contribution < -0.4 is 16.0 Å². The zero-order valence-electron chi connectivity index (χ0n) is 14.5. The van der Waals surface area contributed by atoms with E-state index in [4.69, 9.17) is 4.74 Å². The second-order valence-electron chi connectivity index (χ2n) is 5.75. The minimum absolute atomic E-state index is 0. The van der Waals surface area contributed by atoms with Gasteiger partial charge in [0.05, 0.1) is 25.1 Å². The van der Waals surface area contributed by atoms with Gasteiger partial charge in [0, 0.05) is 36.5 Å². The van der Waals surface area contributed by atoms with Crippen LogP contribution in [0.5, 0.6) is 0 Å². The molecule has 9 heteroatoms. The first-order valence-electron chi connectivity index (χ1n) is 8.13. The number of morpholine rings is 1. The highest BCUT2D eigenvalue weighted by atomic mass is 35.5. The third kappa shape index (κ3) is 7.15. The summed E-state index contributed by atoms with van der Waals surface area (Å²) < 4.78 is 5.33. The highest BCUT2D eigenvalue weighted by Crippen LogP contribution is 2.13. The van der Waals surface area contributed by atoms with E-state index in [1.807, 2.05) is 0 Å². The van der Waals surface area contributed by atoms with Crippen LogP contribution in [-0.4, -0.2) is 42.6 Å². The molecular formula is C18H22Cl2N4O3. The van der Waals surface area contributed by atoms with Gasteiger partial charge in [-0.1, -0.05) is 0 Å². The summed E-state index contributed by atoms with van der Waals surface area (Å²) in [5.41, 5.74) is 1.79. The molecule has 0 spiro atoms. The number of anilines is 2. The number of aromatic nitrogens is 1. The fourth-order valence-electron chi connectivity index (χ4n) is 2.53. The monoisotopic (exact) mass is 412 g/mol. The van der Waals surface area contributed by atoms with Crippen molar-refractivity contribution >= 4 is 48.0 Å². The Balaban J connectivity index is 0.00000182. The Kier molecular flexibility index (Phi) is 9.74. The van der Waals surface area contributed by atoms with Crippen LogP contribution in [0.15, 0.2) is 48.8 Å². The molecule has 3 N–H and O–H groups in total. The average Bonchev–Trinajstić information content (AvgIpc) is 2.64. The number of nitrogens with zero attached hydrogens (tertiary/aromatic N) is 1. The number of carbonyl (C=O) groups excluding carboxylic acids is 2. The molecule has 3 rings (SSSR count). The number of amides is 2. The smallest absolute Gasteiger partial charge is 0.255 e. The lowest BCUT2D eigenvalue weighted by Crippen LogP contribution is -2.43. The molecule has 0 bridgehead atoms. The van der Waals surface area contributed by atoms with Crippen LogP contribution in [0.4, 0.5) is 11.4 Å². The zero-order valence-corrected chi connectivity index (χ0v) is 16.1. The largest absolute Gasteiger partial charge is 0.378 e. The van der Waals surface area contributed by atoms with Gasteiger partial charge in [-0.05, 0) is 36.4 Å². The van der Waals surface area contributed by atoms with Gasteiger partial charge in [0.25, 0.3) is 5.91 Å². The maximum atomic E-state index is 12.2. The molecule has 0 saturated carbocycles. The van der Waals surface area contributed by atoms with Crippen LogP contribution in [-0.2, 0) is 9.53 Å². The summed E-state index contributed by atoms with van der Waals surface area (Å²) in [6, 6.07) is 10.3. The van der Waals surface area contributed by atoms with E-state index < -0.39 is 0 Å². The Hall–Kier alpha value is -2.19. The number of carbonyl (C=O) groups is 2. The van der Waals surface area contributed by atoms with Crippen molar-refractivity contribution in [2.75, 3.05) is 30.4 Å². The Labute approximate surface area is 170 Å². The molecule has 1 saturated heterocycles. The summed E-state index contributed by atoms with van der Waals surface area (Å²) in [4.78, 5) is 28.2. The second kappa shape index (κ2) is 11.5. The van der Waals surface area contributed by atoms with Crippen LogP contribution in [0.1, 0.15) is 16.8 Å². The number of pyridine rings is 1. The maximum Gasteiger partial charge on any atom is 0.255 e. The molecule has 1 aromatic carbocycles. The third-order valence-electron chi connectivity index (χ3n) is 3.78. The van der Waals surface area contributed by atoms with Crippen LogP contribution in [0.25, 0.3) is 0 Å². The van der Waals surface area contributed by atoms with Crippen molar-refractivity contribution in [3.63, 3.8) is 0 Å². The Morgan fingerprint density at radius 2 is 1.89 bits per heavy atom. The number of ether oxygens (including phenoxy) is 1. The molecule has 2 aromatic rings. The first-order valence-corrected chi connectivity index (χ1v) is 8.13. The van der Waals surface area contributed by atoms with Gasteiger partial charge >= 0.3 is 0 Å². The van der Waals surface area contributed by atoms with E-state index in [0.717, 1.165) is 6.54 Å². The Morgan fingerprint density at radius 3 is 2.52 bits per heavy atom. The van der Waals surface area contributed by atoms with E-state index in [1.165, 1.54) is 0 Å². The van der Waals surface area contributed by atoms with Crippen molar-refractivity contribution in [3.05, 3.63) is 54.4 Å². The zero-order chi connectivity index (χ0) is 17.5. The number of rotatable bonds is 5. The van der Waals surface area contributed by atoms with Crippen LogP contribution >= 0.6 is 24.8 Å². The van der Waals surface area contributed by atoms with Gasteiger partial charge in [0.15, 0.2) is 0 Å². The quantitative estimate of drug-likeness (QED) is 0.701. The summed E-state index contributed by atoms with van der Waals surface area (Å²) >= 11 is 0. The maximum absolute atomic E-state index is 12.2. The van der Waals surface area contributed by atoms with Crippen molar-refractivity contribution in [1.82, 2.24) is 10.3 Å². The predicted octanol–water partition coefficient (Wildman–Crippen LogP) is 2.49. The second-order valence-corrected chi connectivity index (χ2v) is 5.75. The van der Waals surface area contributed by atoms with Crippen molar-refractivity contribution in [3.8, 4) is 0 Å². The molecule has 1 unspecified atom stereocenters. The van der Waals surface area contributed by atoms with Gasteiger partial charge in [0.2, 0.25) is 5.91 Å². The van der Waals surface area contributed by atoms with Gasteiger partial charge in [-0.2, -0.15) is 0 Å². The summed E-state index contributed by atoms with van der Waals surface area (Å²) in [7, 11) is 0. The molecule has 7 nitrogen and oxygen atoms in total. The number of hydrogen-bond donors (Lipinski definition) is 3. The number of nitrogens with one attached hydrogen (secondary N) is 3. The first kappa shape index (κ1) is 22.9. The summed E-state index contributed by atoms with van der Waals surface area (Å²) in [6.45, 7) is 1.99. The van der Waals surface area contributed by atoms with Gasteiger partial charge in [-0.15, -0.1) is 24.8 Å². The molecule has 1 atom stereocenters. The topological polar surface area (TPSA) is 92.4 Å². The minimum Gasteiger partial charge on any atom is -0.378 e. The highest BCUT2D eigenvalue weighted by molar-refractivity contribution is 6.04. The first-order chi connectivity index (χ1) is 12.2. The normalized spacial score (nSPS) is 15.6. The molecule has 1 aromatic heterocycles. The molecule has 0 aliphatic carbocycles. The van der Waals surface area contributed by atoms with Gasteiger partial charge in [-0.3, -0.25) is 14.6 Å². The van der Waals surface area contributed by atoms with E-state index in [1.54, 1.807) is 48.8 Å². The summed E-state index contributed by atoms with van der Waals surface area (Å²) in [5, 5.41) is 8.83. The van der Waals surface area contributed by atoms with Crippen molar-refractivity contribution in [1.29, 1.82) is 0 Å². The average molecular weight is 413 g/mol. The fraction of sp³-hybridized carbons (Fsp3) is 0.278.